The maximum Gasteiger partial charge on any atom is 0.0524 e. The molecule has 0 spiro atoms. The Morgan fingerprint density at radius 2 is 2.43 bits per heavy atom. The molecule has 0 saturated heterocycles. The molecule has 0 aromatic carbocycles. The van der Waals surface area contributed by atoms with Gasteiger partial charge in [0.25, 0.3) is 0 Å². The first-order chi connectivity index (χ1) is 6.74. The Morgan fingerprint density at radius 1 is 1.64 bits per heavy atom. The van der Waals surface area contributed by atoms with Gasteiger partial charge in [-0.15, -0.1) is 0 Å². The first kappa shape index (κ1) is 11.2. The third kappa shape index (κ3) is 3.47. The largest absolute Gasteiger partial charge is 0.393 e. The van der Waals surface area contributed by atoms with E-state index in [0.717, 1.165) is 26.1 Å². The Kier molecular flexibility index (Phi) is 4.62. The summed E-state index contributed by atoms with van der Waals surface area (Å²) in [6.45, 7) is 6.44. The summed E-state index contributed by atoms with van der Waals surface area (Å²) in [5, 5.41) is 16.5. The van der Waals surface area contributed by atoms with Crippen LogP contribution in [0.15, 0.2) is 12.3 Å². The molecule has 0 fully saturated rings. The molecule has 14 heavy (non-hydrogen) atoms. The average molecular weight is 197 g/mol. The summed E-state index contributed by atoms with van der Waals surface area (Å²) in [7, 11) is 0. The lowest BCUT2D eigenvalue weighted by Gasteiger charge is -2.07. The lowest BCUT2D eigenvalue weighted by atomic mass is 10.3. The van der Waals surface area contributed by atoms with Crippen LogP contribution in [0, 0.1) is 0 Å². The quantitative estimate of drug-likeness (QED) is 0.662. The van der Waals surface area contributed by atoms with E-state index in [4.69, 9.17) is 5.11 Å². The van der Waals surface area contributed by atoms with Crippen molar-refractivity contribution in [3.8, 4) is 0 Å². The maximum absolute atomic E-state index is 9.05. The number of aliphatic hydroxyl groups is 1. The van der Waals surface area contributed by atoms with Crippen molar-refractivity contribution in [3.63, 3.8) is 0 Å². The summed E-state index contributed by atoms with van der Waals surface area (Å²) in [5.74, 6) is 0. The van der Waals surface area contributed by atoms with Gasteiger partial charge >= 0.3 is 0 Å². The van der Waals surface area contributed by atoms with E-state index >= 15 is 0 Å². The molecule has 2 N–H and O–H groups in total. The van der Waals surface area contributed by atoms with Crippen LogP contribution in [0.1, 0.15) is 26.0 Å². The van der Waals surface area contributed by atoms with Crippen LogP contribution in [0.2, 0.25) is 0 Å². The van der Waals surface area contributed by atoms with Gasteiger partial charge in [0.1, 0.15) is 0 Å². The fraction of sp³-hybridized carbons (Fsp3) is 0.700. The van der Waals surface area contributed by atoms with Crippen LogP contribution >= 0.6 is 0 Å². The standard InChI is InChI=1S/C10H19N3O/c1-3-13-10(5-7-12-13)8-11-6-4-9(2)14/h5,7,9,11,14H,3-4,6,8H2,1-2H3/t9-/m0/s1. The highest BCUT2D eigenvalue weighted by molar-refractivity contribution is 4.99. The van der Waals surface area contributed by atoms with Gasteiger partial charge in [0.15, 0.2) is 0 Å². The van der Waals surface area contributed by atoms with Gasteiger partial charge in [0, 0.05) is 19.3 Å². The average Bonchev–Trinajstić information content (AvgIpc) is 2.59. The highest BCUT2D eigenvalue weighted by atomic mass is 16.3. The van der Waals surface area contributed by atoms with Gasteiger partial charge < -0.3 is 10.4 Å². The predicted molar refractivity (Wildman–Crippen MR) is 55.9 cm³/mol. The van der Waals surface area contributed by atoms with Crippen LogP contribution in [0.5, 0.6) is 0 Å². The summed E-state index contributed by atoms with van der Waals surface area (Å²) in [6, 6.07) is 2.01. The van der Waals surface area contributed by atoms with Crippen LogP contribution in [0.3, 0.4) is 0 Å². The molecule has 0 aliphatic rings. The molecule has 1 heterocycles. The van der Waals surface area contributed by atoms with E-state index in [1.54, 1.807) is 6.92 Å². The molecule has 0 amide bonds. The third-order valence-electron chi connectivity index (χ3n) is 2.15. The molecule has 1 atom stereocenters. The number of aliphatic hydroxyl groups excluding tert-OH is 1. The highest BCUT2D eigenvalue weighted by Crippen LogP contribution is 1.98. The molecule has 4 heteroatoms. The fourth-order valence-electron chi connectivity index (χ4n) is 1.32. The molecule has 0 unspecified atom stereocenters. The summed E-state index contributed by atoms with van der Waals surface area (Å²) in [5.41, 5.74) is 1.19. The van der Waals surface area contributed by atoms with Crippen molar-refractivity contribution in [3.05, 3.63) is 18.0 Å². The van der Waals surface area contributed by atoms with Gasteiger partial charge in [-0.05, 0) is 32.9 Å². The number of aromatic nitrogens is 2. The highest BCUT2D eigenvalue weighted by Gasteiger charge is 2.00. The Labute approximate surface area is 84.9 Å². The van der Waals surface area contributed by atoms with Gasteiger partial charge in [-0.1, -0.05) is 0 Å². The Hall–Kier alpha value is -0.870. The first-order valence-electron chi connectivity index (χ1n) is 5.13. The predicted octanol–water partition coefficient (Wildman–Crippen LogP) is 0.763. The Morgan fingerprint density at radius 3 is 3.07 bits per heavy atom. The zero-order valence-corrected chi connectivity index (χ0v) is 8.90. The Bertz CT molecular complexity index is 258. The second kappa shape index (κ2) is 5.78. The van der Waals surface area contributed by atoms with E-state index in [1.807, 2.05) is 16.9 Å². The molecule has 1 rings (SSSR count). The number of hydrogen-bond acceptors (Lipinski definition) is 3. The Balaban J connectivity index is 2.24. The first-order valence-corrected chi connectivity index (χ1v) is 5.13. The second-order valence-electron chi connectivity index (χ2n) is 3.45. The number of nitrogens with one attached hydrogen (secondary N) is 1. The normalized spacial score (nSPS) is 13.1. The van der Waals surface area contributed by atoms with Gasteiger partial charge in [-0.3, -0.25) is 4.68 Å². The molecular weight excluding hydrogens is 178 g/mol. The lowest BCUT2D eigenvalue weighted by Crippen LogP contribution is -2.20. The minimum absolute atomic E-state index is 0.224. The molecule has 0 aliphatic carbocycles. The van der Waals surface area contributed by atoms with Gasteiger partial charge in [-0.2, -0.15) is 5.10 Å². The molecular formula is C10H19N3O. The molecule has 1 aromatic rings. The monoisotopic (exact) mass is 197 g/mol. The van der Waals surface area contributed by atoms with Gasteiger partial charge in [0.05, 0.1) is 11.8 Å². The van der Waals surface area contributed by atoms with E-state index < -0.39 is 0 Å². The van der Waals surface area contributed by atoms with Crippen molar-refractivity contribution in [1.82, 2.24) is 15.1 Å². The third-order valence-corrected chi connectivity index (χ3v) is 2.15. The smallest absolute Gasteiger partial charge is 0.0524 e. The van der Waals surface area contributed by atoms with Crippen LogP contribution in [0.4, 0.5) is 0 Å². The van der Waals surface area contributed by atoms with Crippen molar-refractivity contribution in [1.29, 1.82) is 0 Å². The number of hydrogen-bond donors (Lipinski definition) is 2. The molecule has 80 valence electrons. The van der Waals surface area contributed by atoms with Crippen molar-refractivity contribution in [2.75, 3.05) is 6.54 Å². The minimum Gasteiger partial charge on any atom is -0.393 e. The molecule has 1 aromatic heterocycles. The summed E-state index contributed by atoms with van der Waals surface area (Å²) in [6.07, 6.45) is 2.38. The van der Waals surface area contributed by atoms with Crippen LogP contribution in [-0.2, 0) is 13.1 Å². The maximum atomic E-state index is 9.05. The van der Waals surface area contributed by atoms with Crippen molar-refractivity contribution in [2.45, 2.75) is 39.5 Å². The van der Waals surface area contributed by atoms with Crippen molar-refractivity contribution < 1.29 is 5.11 Å². The number of rotatable bonds is 6. The van der Waals surface area contributed by atoms with Crippen LogP contribution in [-0.4, -0.2) is 27.5 Å². The van der Waals surface area contributed by atoms with Crippen LogP contribution in [0.25, 0.3) is 0 Å². The molecule has 0 saturated carbocycles. The van der Waals surface area contributed by atoms with E-state index in [9.17, 15) is 0 Å². The van der Waals surface area contributed by atoms with Crippen LogP contribution < -0.4 is 5.32 Å². The molecule has 0 bridgehead atoms. The topological polar surface area (TPSA) is 50.1 Å². The van der Waals surface area contributed by atoms with E-state index in [2.05, 4.69) is 17.3 Å². The zero-order chi connectivity index (χ0) is 10.4. The van der Waals surface area contributed by atoms with Gasteiger partial charge in [0.2, 0.25) is 0 Å². The number of nitrogens with zero attached hydrogens (tertiary/aromatic N) is 2. The summed E-state index contributed by atoms with van der Waals surface area (Å²) in [4.78, 5) is 0. The fourth-order valence-corrected chi connectivity index (χ4v) is 1.32. The van der Waals surface area contributed by atoms with Crippen molar-refractivity contribution >= 4 is 0 Å². The second-order valence-corrected chi connectivity index (χ2v) is 3.45. The van der Waals surface area contributed by atoms with E-state index in [-0.39, 0.29) is 6.10 Å². The SMILES string of the molecule is CCn1nccc1CNCC[C@H](C)O. The lowest BCUT2D eigenvalue weighted by molar-refractivity contribution is 0.183. The summed E-state index contributed by atoms with van der Waals surface area (Å²) >= 11 is 0. The van der Waals surface area contributed by atoms with Crippen molar-refractivity contribution in [2.24, 2.45) is 0 Å². The molecule has 0 radical (unpaired) electrons. The van der Waals surface area contributed by atoms with Gasteiger partial charge in [-0.25, -0.2) is 0 Å². The van der Waals surface area contributed by atoms with E-state index in [0.29, 0.717) is 0 Å². The number of aryl methyl sites for hydroxylation is 1. The minimum atomic E-state index is -0.224. The van der Waals surface area contributed by atoms with E-state index in [1.165, 1.54) is 5.69 Å². The summed E-state index contributed by atoms with van der Waals surface area (Å²) < 4.78 is 1.97. The molecule has 4 nitrogen and oxygen atoms in total. The zero-order valence-electron chi connectivity index (χ0n) is 8.90. The molecule has 0 aliphatic heterocycles.